The Morgan fingerprint density at radius 3 is 1.39 bits per heavy atom. The first-order valence-corrected chi connectivity index (χ1v) is 9.20. The Labute approximate surface area is 163 Å². The molecule has 134 valence electrons. The molecule has 5 rings (SSSR count). The van der Waals surface area contributed by atoms with E-state index in [0.29, 0.717) is 0 Å². The van der Waals surface area contributed by atoms with Gasteiger partial charge < -0.3 is 0 Å². The number of aromatic nitrogens is 4. The molecule has 0 aliphatic heterocycles. The second-order valence-corrected chi connectivity index (χ2v) is 6.54. The van der Waals surface area contributed by atoms with Crippen molar-refractivity contribution in [3.8, 4) is 33.9 Å². The predicted octanol–water partition coefficient (Wildman–Crippen LogP) is 5.39. The number of nitrogens with zero attached hydrogens (tertiary/aromatic N) is 4. The van der Waals surface area contributed by atoms with Crippen LogP contribution in [0.3, 0.4) is 0 Å². The van der Waals surface area contributed by atoms with Gasteiger partial charge in [0.2, 0.25) is 0 Å². The number of hydrogen-bond acceptors (Lipinski definition) is 2. The van der Waals surface area contributed by atoms with Gasteiger partial charge in [-0.1, -0.05) is 66.7 Å². The maximum atomic E-state index is 4.73. The molecular weight excluding hydrogens is 344 g/mol. The van der Waals surface area contributed by atoms with Crippen LogP contribution in [0.5, 0.6) is 0 Å². The zero-order valence-corrected chi connectivity index (χ0v) is 15.2. The minimum absolute atomic E-state index is 0.955. The first kappa shape index (κ1) is 16.3. The average molecular weight is 362 g/mol. The van der Waals surface area contributed by atoms with Crippen LogP contribution in [0.25, 0.3) is 33.9 Å². The van der Waals surface area contributed by atoms with Gasteiger partial charge in [-0.25, -0.2) is 9.36 Å². The number of hydrogen-bond donors (Lipinski definition) is 0. The van der Waals surface area contributed by atoms with Crippen molar-refractivity contribution in [2.75, 3.05) is 0 Å². The second kappa shape index (κ2) is 7.00. The molecule has 0 spiro atoms. The fraction of sp³-hybridized carbons (Fsp3) is 0. The topological polar surface area (TPSA) is 35.6 Å². The molecule has 0 fully saturated rings. The Kier molecular flexibility index (Phi) is 4.07. The smallest absolute Gasteiger partial charge is 0.0927 e. The lowest BCUT2D eigenvalue weighted by Gasteiger charge is -2.06. The van der Waals surface area contributed by atoms with Crippen LogP contribution in [0.1, 0.15) is 0 Å². The minimum atomic E-state index is 0.955. The molecule has 0 saturated heterocycles. The van der Waals surface area contributed by atoms with E-state index >= 15 is 0 Å². The van der Waals surface area contributed by atoms with E-state index < -0.39 is 0 Å². The van der Waals surface area contributed by atoms with Gasteiger partial charge in [0.15, 0.2) is 0 Å². The van der Waals surface area contributed by atoms with E-state index in [4.69, 9.17) is 10.2 Å². The Morgan fingerprint density at radius 2 is 0.929 bits per heavy atom. The molecule has 3 aromatic carbocycles. The molecular formula is C24H18N4. The van der Waals surface area contributed by atoms with Crippen molar-refractivity contribution in [3.63, 3.8) is 0 Å². The number of rotatable bonds is 4. The van der Waals surface area contributed by atoms with Crippen LogP contribution < -0.4 is 0 Å². The Balaban J connectivity index is 1.46. The zero-order chi connectivity index (χ0) is 18.8. The van der Waals surface area contributed by atoms with E-state index in [2.05, 4.69) is 30.3 Å². The van der Waals surface area contributed by atoms with Gasteiger partial charge in [-0.15, -0.1) is 0 Å². The van der Waals surface area contributed by atoms with Gasteiger partial charge in [0.05, 0.1) is 22.8 Å². The largest absolute Gasteiger partial charge is 0.240 e. The first-order valence-electron chi connectivity index (χ1n) is 9.20. The molecule has 0 unspecified atom stereocenters. The molecule has 4 nitrogen and oxygen atoms in total. The normalized spacial score (nSPS) is 10.9. The summed E-state index contributed by atoms with van der Waals surface area (Å²) in [7, 11) is 0. The Bertz CT molecular complexity index is 1110. The lowest BCUT2D eigenvalue weighted by Crippen LogP contribution is -1.99. The molecule has 0 saturated carbocycles. The lowest BCUT2D eigenvalue weighted by molar-refractivity contribution is 0.860. The van der Waals surface area contributed by atoms with Crippen LogP contribution in [-0.2, 0) is 0 Å². The highest BCUT2D eigenvalue weighted by atomic mass is 15.3. The fourth-order valence-corrected chi connectivity index (χ4v) is 3.24. The van der Waals surface area contributed by atoms with Gasteiger partial charge in [0.25, 0.3) is 0 Å². The third-order valence-electron chi connectivity index (χ3n) is 4.68. The average Bonchev–Trinajstić information content (AvgIpc) is 3.46. The molecule has 0 amide bonds. The second-order valence-electron chi connectivity index (χ2n) is 6.54. The van der Waals surface area contributed by atoms with E-state index in [-0.39, 0.29) is 0 Å². The van der Waals surface area contributed by atoms with Crippen LogP contribution >= 0.6 is 0 Å². The van der Waals surface area contributed by atoms with Crippen LogP contribution in [0, 0.1) is 0 Å². The van der Waals surface area contributed by atoms with Gasteiger partial charge in [0, 0.05) is 23.5 Å². The van der Waals surface area contributed by atoms with E-state index in [1.54, 1.807) is 0 Å². The molecule has 0 aliphatic carbocycles. The SMILES string of the molecule is c1ccc(-c2ccn(-c3cccc(-n4ccc(-c5ccccc5)n4)c3)n2)cc1. The quantitative estimate of drug-likeness (QED) is 0.429. The molecule has 0 aliphatic rings. The predicted molar refractivity (Wildman–Crippen MR) is 112 cm³/mol. The summed E-state index contributed by atoms with van der Waals surface area (Å²) in [5, 5.41) is 9.45. The summed E-state index contributed by atoms with van der Waals surface area (Å²) in [6, 6.07) is 32.7. The van der Waals surface area contributed by atoms with E-state index in [0.717, 1.165) is 33.9 Å². The van der Waals surface area contributed by atoms with Crippen LogP contribution in [0.2, 0.25) is 0 Å². The van der Waals surface area contributed by atoms with Crippen molar-refractivity contribution < 1.29 is 0 Å². The maximum absolute atomic E-state index is 4.73. The van der Waals surface area contributed by atoms with Gasteiger partial charge >= 0.3 is 0 Å². The molecule has 2 aromatic heterocycles. The van der Waals surface area contributed by atoms with Gasteiger partial charge in [-0.05, 0) is 30.3 Å². The van der Waals surface area contributed by atoms with E-state index in [1.165, 1.54) is 0 Å². The third-order valence-corrected chi connectivity index (χ3v) is 4.68. The summed E-state index contributed by atoms with van der Waals surface area (Å²) < 4.78 is 3.79. The summed E-state index contributed by atoms with van der Waals surface area (Å²) in [5.74, 6) is 0. The molecule has 4 heteroatoms. The monoisotopic (exact) mass is 362 g/mol. The van der Waals surface area contributed by atoms with Crippen molar-refractivity contribution in [1.82, 2.24) is 19.6 Å². The van der Waals surface area contributed by atoms with Crippen LogP contribution in [0.4, 0.5) is 0 Å². The van der Waals surface area contributed by atoms with E-state index in [1.807, 2.05) is 88.5 Å². The first-order chi connectivity index (χ1) is 13.9. The molecule has 2 heterocycles. The van der Waals surface area contributed by atoms with Crippen molar-refractivity contribution in [2.45, 2.75) is 0 Å². The van der Waals surface area contributed by atoms with E-state index in [9.17, 15) is 0 Å². The van der Waals surface area contributed by atoms with Crippen molar-refractivity contribution in [3.05, 3.63) is 109 Å². The van der Waals surface area contributed by atoms with Crippen molar-refractivity contribution in [2.24, 2.45) is 0 Å². The third kappa shape index (κ3) is 3.12. The lowest BCUT2D eigenvalue weighted by atomic mass is 10.2. The molecule has 0 atom stereocenters. The summed E-state index contributed by atoms with van der Waals surface area (Å²) in [5.41, 5.74) is 6.12. The van der Waals surface area contributed by atoms with Crippen LogP contribution in [-0.4, -0.2) is 19.6 Å². The zero-order valence-electron chi connectivity index (χ0n) is 15.2. The molecule has 0 N–H and O–H groups in total. The minimum Gasteiger partial charge on any atom is -0.240 e. The maximum Gasteiger partial charge on any atom is 0.0927 e. The van der Waals surface area contributed by atoms with Gasteiger partial charge in [-0.3, -0.25) is 0 Å². The highest BCUT2D eigenvalue weighted by Crippen LogP contribution is 2.21. The van der Waals surface area contributed by atoms with Crippen molar-refractivity contribution >= 4 is 0 Å². The highest BCUT2D eigenvalue weighted by molar-refractivity contribution is 5.60. The van der Waals surface area contributed by atoms with Gasteiger partial charge in [-0.2, -0.15) is 10.2 Å². The molecule has 5 aromatic rings. The fourth-order valence-electron chi connectivity index (χ4n) is 3.24. The van der Waals surface area contributed by atoms with Crippen LogP contribution in [0.15, 0.2) is 109 Å². The van der Waals surface area contributed by atoms with Crippen molar-refractivity contribution in [1.29, 1.82) is 0 Å². The van der Waals surface area contributed by atoms with Gasteiger partial charge in [0.1, 0.15) is 0 Å². The Hall–Kier alpha value is -3.92. The Morgan fingerprint density at radius 1 is 0.464 bits per heavy atom. The summed E-state index contributed by atoms with van der Waals surface area (Å²) in [6.07, 6.45) is 3.97. The summed E-state index contributed by atoms with van der Waals surface area (Å²) in [6.45, 7) is 0. The summed E-state index contributed by atoms with van der Waals surface area (Å²) >= 11 is 0. The molecule has 28 heavy (non-hydrogen) atoms. The standard InChI is InChI=1S/C24H18N4/c1-3-8-19(9-4-1)23-14-16-27(25-23)21-12-7-13-22(18-21)28-17-15-24(26-28)20-10-5-2-6-11-20/h1-18H. The summed E-state index contributed by atoms with van der Waals surface area (Å²) in [4.78, 5) is 0. The molecule has 0 bridgehead atoms. The highest BCUT2D eigenvalue weighted by Gasteiger charge is 2.07. The number of benzene rings is 3. The molecule has 0 radical (unpaired) electrons.